The lowest BCUT2D eigenvalue weighted by molar-refractivity contribution is -0.907. The summed E-state index contributed by atoms with van der Waals surface area (Å²) in [5, 5.41) is 1.20. The lowest BCUT2D eigenvalue weighted by Crippen LogP contribution is -3.14. The number of amides is 1. The Hall–Kier alpha value is -2.70. The minimum atomic E-state index is 0.0333. The van der Waals surface area contributed by atoms with Crippen molar-refractivity contribution in [1.29, 1.82) is 0 Å². The zero-order valence-electron chi connectivity index (χ0n) is 16.3. The molecule has 1 fully saturated rings. The van der Waals surface area contributed by atoms with Gasteiger partial charge in [0, 0.05) is 30.7 Å². The molecule has 6 heteroatoms. The van der Waals surface area contributed by atoms with Gasteiger partial charge in [0.2, 0.25) is 0 Å². The Kier molecular flexibility index (Phi) is 5.69. The van der Waals surface area contributed by atoms with Gasteiger partial charge in [-0.2, -0.15) is 0 Å². The van der Waals surface area contributed by atoms with Gasteiger partial charge in [0.25, 0.3) is 5.91 Å². The molecule has 1 aliphatic heterocycles. The van der Waals surface area contributed by atoms with Crippen LogP contribution >= 0.6 is 0 Å². The first-order chi connectivity index (χ1) is 13.7. The van der Waals surface area contributed by atoms with E-state index in [1.54, 1.807) is 12.4 Å². The first-order valence-corrected chi connectivity index (χ1v) is 9.86. The second-order valence-electron chi connectivity index (χ2n) is 7.33. The number of carbonyl (C=O) groups excluding carboxylic acids is 1. The fraction of sp³-hybridized carbons (Fsp3) is 0.364. The van der Waals surface area contributed by atoms with Gasteiger partial charge < -0.3 is 19.1 Å². The van der Waals surface area contributed by atoms with Gasteiger partial charge in [-0.25, -0.2) is 0 Å². The Morgan fingerprint density at radius 2 is 2.04 bits per heavy atom. The van der Waals surface area contributed by atoms with E-state index >= 15 is 0 Å². The van der Waals surface area contributed by atoms with Crippen molar-refractivity contribution in [3.8, 4) is 0 Å². The highest BCUT2D eigenvalue weighted by molar-refractivity contribution is 5.94. The number of hydrogen-bond acceptors (Lipinski definition) is 3. The van der Waals surface area contributed by atoms with E-state index in [0.29, 0.717) is 18.7 Å². The fourth-order valence-electron chi connectivity index (χ4n) is 3.82. The molecule has 3 heterocycles. The maximum atomic E-state index is 13.2. The van der Waals surface area contributed by atoms with Gasteiger partial charge in [0.1, 0.15) is 13.1 Å². The third kappa shape index (κ3) is 4.08. The van der Waals surface area contributed by atoms with Crippen LogP contribution in [-0.2, 0) is 18.3 Å². The number of quaternary nitrogens is 1. The smallest absolute Gasteiger partial charge is 0.255 e. The molecule has 0 atom stereocenters. The van der Waals surface area contributed by atoms with Gasteiger partial charge in [-0.1, -0.05) is 18.2 Å². The summed E-state index contributed by atoms with van der Waals surface area (Å²) in [5.74, 6) is 0.0333. The maximum absolute atomic E-state index is 13.2. The molecule has 1 amide bonds. The van der Waals surface area contributed by atoms with E-state index in [1.807, 2.05) is 29.2 Å². The first-order valence-electron chi connectivity index (χ1n) is 9.86. The van der Waals surface area contributed by atoms with Crippen molar-refractivity contribution >= 4 is 16.8 Å². The fourth-order valence-corrected chi connectivity index (χ4v) is 3.82. The van der Waals surface area contributed by atoms with Gasteiger partial charge in [-0.15, -0.1) is 0 Å². The van der Waals surface area contributed by atoms with Crippen LogP contribution in [0.15, 0.2) is 54.9 Å². The number of benzene rings is 1. The van der Waals surface area contributed by atoms with Crippen LogP contribution in [0, 0.1) is 0 Å². The molecule has 0 unspecified atom stereocenters. The summed E-state index contributed by atoms with van der Waals surface area (Å²) in [4.78, 5) is 20.8. The van der Waals surface area contributed by atoms with Crippen molar-refractivity contribution in [2.75, 3.05) is 39.4 Å². The Labute approximate surface area is 165 Å². The zero-order chi connectivity index (χ0) is 19.3. The highest BCUT2D eigenvalue weighted by Gasteiger charge is 2.21. The lowest BCUT2D eigenvalue weighted by Gasteiger charge is -2.28. The molecule has 1 aromatic carbocycles. The van der Waals surface area contributed by atoms with Crippen molar-refractivity contribution in [3.05, 3.63) is 66.1 Å². The van der Waals surface area contributed by atoms with E-state index in [-0.39, 0.29) is 5.91 Å². The molecule has 6 nitrogen and oxygen atoms in total. The number of para-hydroxylation sites is 1. The molecule has 1 N–H and O–H groups in total. The molecule has 1 saturated heterocycles. The zero-order valence-corrected chi connectivity index (χ0v) is 16.3. The summed E-state index contributed by atoms with van der Waals surface area (Å²) in [5.41, 5.74) is 2.96. The predicted octanol–water partition coefficient (Wildman–Crippen LogP) is 1.13. The molecule has 0 spiro atoms. The minimum absolute atomic E-state index is 0.0333. The largest absolute Gasteiger partial charge is 0.370 e. The number of carbonyl (C=O) groups is 1. The second kappa shape index (κ2) is 8.54. The quantitative estimate of drug-likeness (QED) is 0.699. The maximum Gasteiger partial charge on any atom is 0.255 e. The van der Waals surface area contributed by atoms with Crippen molar-refractivity contribution in [1.82, 2.24) is 14.5 Å². The third-order valence-corrected chi connectivity index (χ3v) is 5.53. The SMILES string of the molecule is Cn1c(CN(CC[NH+]2CCOCC2)C(=O)c2cccnc2)cc2ccccc21. The van der Waals surface area contributed by atoms with E-state index < -0.39 is 0 Å². The number of hydrogen-bond donors (Lipinski definition) is 1. The molecule has 4 rings (SSSR count). The van der Waals surface area contributed by atoms with Crippen LogP contribution in [0.1, 0.15) is 16.1 Å². The van der Waals surface area contributed by atoms with Crippen LogP contribution in [-0.4, -0.2) is 59.8 Å². The molecule has 28 heavy (non-hydrogen) atoms. The first kappa shape index (κ1) is 18.7. The Balaban J connectivity index is 1.56. The third-order valence-electron chi connectivity index (χ3n) is 5.53. The van der Waals surface area contributed by atoms with Crippen LogP contribution < -0.4 is 4.90 Å². The Morgan fingerprint density at radius 1 is 1.21 bits per heavy atom. The topological polar surface area (TPSA) is 51.8 Å². The van der Waals surface area contributed by atoms with Crippen LogP contribution in [0.2, 0.25) is 0 Å². The Morgan fingerprint density at radius 3 is 2.79 bits per heavy atom. The normalized spacial score (nSPS) is 15.0. The van der Waals surface area contributed by atoms with Crippen molar-refractivity contribution < 1.29 is 14.4 Å². The summed E-state index contributed by atoms with van der Waals surface area (Å²) in [6.07, 6.45) is 3.35. The number of morpholine rings is 1. The molecule has 1 aliphatic rings. The minimum Gasteiger partial charge on any atom is -0.370 e. The molecule has 0 bridgehead atoms. The number of nitrogens with zero attached hydrogens (tertiary/aromatic N) is 3. The van der Waals surface area contributed by atoms with Crippen LogP contribution in [0.25, 0.3) is 10.9 Å². The van der Waals surface area contributed by atoms with E-state index in [9.17, 15) is 4.79 Å². The second-order valence-corrected chi connectivity index (χ2v) is 7.33. The number of rotatable bonds is 6. The number of ether oxygens (including phenoxy) is 1. The van der Waals surface area contributed by atoms with Gasteiger partial charge in [-0.05, 0) is 29.7 Å². The highest BCUT2D eigenvalue weighted by atomic mass is 16.5. The van der Waals surface area contributed by atoms with E-state index in [4.69, 9.17) is 4.74 Å². The highest BCUT2D eigenvalue weighted by Crippen LogP contribution is 2.20. The summed E-state index contributed by atoms with van der Waals surface area (Å²) < 4.78 is 7.64. The van der Waals surface area contributed by atoms with Crippen LogP contribution in [0.3, 0.4) is 0 Å². The number of fused-ring (bicyclic) bond motifs is 1. The van der Waals surface area contributed by atoms with E-state index in [0.717, 1.165) is 38.5 Å². The number of nitrogens with one attached hydrogen (secondary N) is 1. The number of aromatic nitrogens is 2. The molecule has 3 aromatic rings. The van der Waals surface area contributed by atoms with Gasteiger partial charge in [0.05, 0.1) is 38.4 Å². The van der Waals surface area contributed by atoms with Crippen molar-refractivity contribution in [2.24, 2.45) is 7.05 Å². The van der Waals surface area contributed by atoms with E-state index in [1.165, 1.54) is 15.8 Å². The Bertz CT molecular complexity index is 932. The summed E-state index contributed by atoms with van der Waals surface area (Å²) in [6.45, 7) is 5.84. The monoisotopic (exact) mass is 379 g/mol. The standard InChI is InChI=1S/C22H26N4O2/c1-24-20(15-18-5-2-3-7-21(18)24)17-26(10-9-25-11-13-28-14-12-25)22(27)19-6-4-8-23-16-19/h2-8,15-16H,9-14,17H2,1H3/p+1. The van der Waals surface area contributed by atoms with Crippen LogP contribution in [0.5, 0.6) is 0 Å². The van der Waals surface area contributed by atoms with Crippen LogP contribution in [0.4, 0.5) is 0 Å². The molecular formula is C22H27N4O2+. The average molecular weight is 379 g/mol. The molecule has 0 radical (unpaired) electrons. The van der Waals surface area contributed by atoms with Crippen molar-refractivity contribution in [3.63, 3.8) is 0 Å². The lowest BCUT2D eigenvalue weighted by atomic mass is 10.2. The molecule has 0 saturated carbocycles. The van der Waals surface area contributed by atoms with E-state index in [2.05, 4.69) is 34.8 Å². The van der Waals surface area contributed by atoms with Gasteiger partial charge in [-0.3, -0.25) is 9.78 Å². The molecule has 0 aliphatic carbocycles. The van der Waals surface area contributed by atoms with Gasteiger partial charge in [0.15, 0.2) is 0 Å². The molecule has 146 valence electrons. The average Bonchev–Trinajstić information content (AvgIpc) is 3.07. The summed E-state index contributed by atoms with van der Waals surface area (Å²) in [7, 11) is 2.07. The number of pyridine rings is 1. The predicted molar refractivity (Wildman–Crippen MR) is 108 cm³/mol. The molecule has 2 aromatic heterocycles. The van der Waals surface area contributed by atoms with Crippen molar-refractivity contribution in [2.45, 2.75) is 6.54 Å². The summed E-state index contributed by atoms with van der Waals surface area (Å²) in [6, 6.07) is 14.2. The number of aryl methyl sites for hydroxylation is 1. The van der Waals surface area contributed by atoms with Gasteiger partial charge >= 0.3 is 0 Å². The molecular weight excluding hydrogens is 352 g/mol. The summed E-state index contributed by atoms with van der Waals surface area (Å²) >= 11 is 0.